The summed E-state index contributed by atoms with van der Waals surface area (Å²) in [5.41, 5.74) is 1.52. The Kier molecular flexibility index (Phi) is 4.91. The van der Waals surface area contributed by atoms with Gasteiger partial charge in [-0.3, -0.25) is 4.79 Å². The molecule has 1 N–H and O–H groups in total. The number of carbonyl (C=O) groups excluding carboxylic acids is 1. The predicted octanol–water partition coefficient (Wildman–Crippen LogP) is 3.82. The third-order valence-corrected chi connectivity index (χ3v) is 6.08. The summed E-state index contributed by atoms with van der Waals surface area (Å²) in [5, 5.41) is 4.17. The fourth-order valence-corrected chi connectivity index (χ4v) is 4.71. The van der Waals surface area contributed by atoms with Crippen molar-refractivity contribution >= 4 is 29.9 Å². The van der Waals surface area contributed by atoms with E-state index in [4.69, 9.17) is 11.6 Å². The number of nitrogens with zero attached hydrogens (tertiary/aromatic N) is 1. The molecule has 0 radical (unpaired) electrons. The van der Waals surface area contributed by atoms with Crippen LogP contribution in [0.3, 0.4) is 0 Å². The van der Waals surface area contributed by atoms with E-state index >= 15 is 0 Å². The van der Waals surface area contributed by atoms with Crippen molar-refractivity contribution in [2.45, 2.75) is 38.1 Å². The van der Waals surface area contributed by atoms with Crippen LogP contribution in [0.1, 0.15) is 43.7 Å². The minimum absolute atomic E-state index is 0. The molecule has 126 valence electrons. The Morgan fingerprint density at radius 1 is 1.30 bits per heavy atom. The first-order chi connectivity index (χ1) is 10.7. The molecule has 1 spiro atoms. The highest BCUT2D eigenvalue weighted by Crippen LogP contribution is 2.63. The van der Waals surface area contributed by atoms with E-state index in [2.05, 4.69) is 16.3 Å². The minimum Gasteiger partial charge on any atom is -0.333 e. The van der Waals surface area contributed by atoms with Gasteiger partial charge in [0.25, 0.3) is 0 Å². The molecule has 4 rings (SSSR count). The van der Waals surface area contributed by atoms with Gasteiger partial charge in [-0.25, -0.2) is 0 Å². The smallest absolute Gasteiger partial charge is 0.226 e. The molecule has 2 saturated carbocycles. The number of nitrogens with one attached hydrogen (secondary N) is 1. The van der Waals surface area contributed by atoms with Gasteiger partial charge in [-0.2, -0.15) is 0 Å². The van der Waals surface area contributed by atoms with Crippen molar-refractivity contribution in [2.75, 3.05) is 19.6 Å². The molecule has 1 amide bonds. The molecule has 1 saturated heterocycles. The summed E-state index contributed by atoms with van der Waals surface area (Å²) in [6.45, 7) is 2.52. The molecular weight excluding hydrogens is 331 g/mol. The first-order valence-corrected chi connectivity index (χ1v) is 8.84. The summed E-state index contributed by atoms with van der Waals surface area (Å²) in [5.74, 6) is 0.670. The topological polar surface area (TPSA) is 32.3 Å². The summed E-state index contributed by atoms with van der Waals surface area (Å²) < 4.78 is 0. The normalized spacial score (nSPS) is 28.5. The second-order valence-electron chi connectivity index (χ2n) is 7.13. The molecule has 0 aromatic heterocycles. The monoisotopic (exact) mass is 354 g/mol. The second-order valence-corrected chi connectivity index (χ2v) is 7.57. The summed E-state index contributed by atoms with van der Waals surface area (Å²) in [4.78, 5) is 15.2. The Labute approximate surface area is 149 Å². The second kappa shape index (κ2) is 6.62. The van der Waals surface area contributed by atoms with Gasteiger partial charge in [0.05, 0.1) is 6.04 Å². The molecule has 23 heavy (non-hydrogen) atoms. The maximum atomic E-state index is 13.1. The lowest BCUT2D eigenvalue weighted by molar-refractivity contribution is -0.136. The van der Waals surface area contributed by atoms with E-state index in [9.17, 15) is 4.79 Å². The zero-order valence-electron chi connectivity index (χ0n) is 13.3. The van der Waals surface area contributed by atoms with Gasteiger partial charge in [0.1, 0.15) is 0 Å². The third kappa shape index (κ3) is 3.11. The number of benzene rings is 1. The summed E-state index contributed by atoms with van der Waals surface area (Å²) in [6, 6.07) is 8.07. The molecule has 1 aliphatic heterocycles. The molecule has 5 heteroatoms. The molecule has 1 heterocycles. The van der Waals surface area contributed by atoms with Crippen LogP contribution in [0.2, 0.25) is 5.02 Å². The van der Waals surface area contributed by atoms with Gasteiger partial charge in [0.2, 0.25) is 5.91 Å². The van der Waals surface area contributed by atoms with Gasteiger partial charge < -0.3 is 10.2 Å². The number of halogens is 2. The van der Waals surface area contributed by atoms with Crippen molar-refractivity contribution < 1.29 is 4.79 Å². The van der Waals surface area contributed by atoms with E-state index in [0.29, 0.717) is 11.3 Å². The van der Waals surface area contributed by atoms with Crippen LogP contribution in [0, 0.1) is 11.3 Å². The maximum absolute atomic E-state index is 13.1. The highest BCUT2D eigenvalue weighted by Gasteiger charge is 2.59. The van der Waals surface area contributed by atoms with E-state index in [1.165, 1.54) is 25.7 Å². The molecule has 0 bridgehead atoms. The molecule has 2 unspecified atom stereocenters. The summed E-state index contributed by atoms with van der Waals surface area (Å²) >= 11 is 6.14. The van der Waals surface area contributed by atoms with Gasteiger partial charge in [-0.15, -0.1) is 12.4 Å². The van der Waals surface area contributed by atoms with Gasteiger partial charge in [-0.1, -0.05) is 36.6 Å². The Morgan fingerprint density at radius 2 is 2.09 bits per heavy atom. The fourth-order valence-electron chi connectivity index (χ4n) is 4.51. The largest absolute Gasteiger partial charge is 0.333 e. The molecule has 3 nitrogen and oxygen atoms in total. The standard InChI is InChI=1S/C18H23ClN2O.ClH/c19-14-5-3-4-13(10-14)16-12-20-8-9-21(16)17(22)15-11-18(15)6-1-2-7-18;/h3-5,10,15-16,20H,1-2,6-9,11-12H2;1H. The van der Waals surface area contributed by atoms with E-state index in [1.807, 2.05) is 18.2 Å². The third-order valence-electron chi connectivity index (χ3n) is 5.85. The first kappa shape index (κ1) is 17.1. The Bertz CT molecular complexity index is 586. The van der Waals surface area contributed by atoms with Crippen LogP contribution >= 0.6 is 24.0 Å². The highest BCUT2D eigenvalue weighted by molar-refractivity contribution is 6.30. The molecule has 1 aromatic rings. The van der Waals surface area contributed by atoms with Gasteiger partial charge in [-0.05, 0) is 42.4 Å². The van der Waals surface area contributed by atoms with Gasteiger partial charge in [0.15, 0.2) is 0 Å². The number of carbonyl (C=O) groups is 1. The zero-order valence-corrected chi connectivity index (χ0v) is 14.8. The van der Waals surface area contributed by atoms with Gasteiger partial charge >= 0.3 is 0 Å². The average Bonchev–Trinajstić information content (AvgIpc) is 3.03. The highest BCUT2D eigenvalue weighted by atomic mass is 35.5. The van der Waals surface area contributed by atoms with Gasteiger partial charge in [0, 0.05) is 30.6 Å². The van der Waals surface area contributed by atoms with Crippen LogP contribution in [0.15, 0.2) is 24.3 Å². The molecule has 1 aromatic carbocycles. The molecule has 3 fully saturated rings. The van der Waals surface area contributed by atoms with Crippen LogP contribution in [0.25, 0.3) is 0 Å². The SMILES string of the molecule is Cl.O=C(C1CC12CCCC2)N1CCNCC1c1cccc(Cl)c1. The lowest BCUT2D eigenvalue weighted by Gasteiger charge is -2.37. The van der Waals surface area contributed by atoms with Crippen molar-refractivity contribution in [3.05, 3.63) is 34.9 Å². The fraction of sp³-hybridized carbons (Fsp3) is 0.611. The molecular formula is C18H24Cl2N2O. The number of rotatable bonds is 2. The Hall–Kier alpha value is -0.770. The lowest BCUT2D eigenvalue weighted by atomic mass is 9.99. The van der Waals surface area contributed by atoms with Crippen molar-refractivity contribution in [3.8, 4) is 0 Å². The quantitative estimate of drug-likeness (QED) is 0.875. The first-order valence-electron chi connectivity index (χ1n) is 8.46. The molecule has 3 aliphatic rings. The minimum atomic E-state index is 0. The molecule has 2 atom stereocenters. The Balaban J connectivity index is 0.00000156. The van der Waals surface area contributed by atoms with E-state index in [-0.39, 0.29) is 24.4 Å². The average molecular weight is 355 g/mol. The van der Waals surface area contributed by atoms with Crippen molar-refractivity contribution in [2.24, 2.45) is 11.3 Å². The molecule has 2 aliphatic carbocycles. The number of piperazine rings is 1. The van der Waals surface area contributed by atoms with Crippen LogP contribution in [0.5, 0.6) is 0 Å². The summed E-state index contributed by atoms with van der Waals surface area (Å²) in [7, 11) is 0. The lowest BCUT2D eigenvalue weighted by Crippen LogP contribution is -2.49. The van der Waals surface area contributed by atoms with Crippen LogP contribution in [-0.4, -0.2) is 30.4 Å². The predicted molar refractivity (Wildman–Crippen MR) is 95.0 cm³/mol. The maximum Gasteiger partial charge on any atom is 0.226 e. The van der Waals surface area contributed by atoms with Crippen molar-refractivity contribution in [1.82, 2.24) is 10.2 Å². The van der Waals surface area contributed by atoms with Crippen LogP contribution in [0.4, 0.5) is 0 Å². The van der Waals surface area contributed by atoms with E-state index < -0.39 is 0 Å². The Morgan fingerprint density at radius 3 is 2.83 bits per heavy atom. The number of amides is 1. The van der Waals surface area contributed by atoms with Crippen LogP contribution in [-0.2, 0) is 4.79 Å². The van der Waals surface area contributed by atoms with E-state index in [1.54, 1.807) is 0 Å². The summed E-state index contributed by atoms with van der Waals surface area (Å²) in [6.07, 6.45) is 6.26. The van der Waals surface area contributed by atoms with Crippen molar-refractivity contribution in [1.29, 1.82) is 0 Å². The van der Waals surface area contributed by atoms with Crippen molar-refractivity contribution in [3.63, 3.8) is 0 Å². The van der Waals surface area contributed by atoms with Crippen LogP contribution < -0.4 is 5.32 Å². The number of hydrogen-bond donors (Lipinski definition) is 1. The van der Waals surface area contributed by atoms with E-state index in [0.717, 1.165) is 36.6 Å². The number of hydrogen-bond acceptors (Lipinski definition) is 2. The zero-order chi connectivity index (χ0) is 15.2.